The minimum atomic E-state index is 0.137. The number of anilines is 1. The quantitative estimate of drug-likeness (QED) is 0.709. The van der Waals surface area contributed by atoms with Crippen molar-refractivity contribution in [1.29, 1.82) is 0 Å². The molecule has 1 aliphatic carbocycles. The van der Waals surface area contributed by atoms with Gasteiger partial charge in [-0.1, -0.05) is 12.1 Å². The predicted molar refractivity (Wildman–Crippen MR) is 103 cm³/mol. The van der Waals surface area contributed by atoms with Crippen molar-refractivity contribution in [3.05, 3.63) is 47.9 Å². The molecule has 7 heteroatoms. The summed E-state index contributed by atoms with van der Waals surface area (Å²) in [6.45, 7) is 3.35. The van der Waals surface area contributed by atoms with E-state index in [1.807, 2.05) is 33.7 Å². The first-order chi connectivity index (χ1) is 13.3. The van der Waals surface area contributed by atoms with Crippen LogP contribution in [0.4, 0.5) is 5.82 Å². The standard InChI is InChI=1S/C20H22N6O/c27-20(13-26-14-21-17-5-1-2-7-18(17)26)25-10-8-24(9-11-25)19-12-15-4-3-6-16(15)22-23-19/h1-2,5,7,12,14H,3-4,6,8-11,13H2. The lowest BCUT2D eigenvalue weighted by molar-refractivity contribution is -0.132. The first-order valence-electron chi connectivity index (χ1n) is 9.56. The summed E-state index contributed by atoms with van der Waals surface area (Å²) in [7, 11) is 0. The highest BCUT2D eigenvalue weighted by molar-refractivity contribution is 5.80. The fraction of sp³-hybridized carbons (Fsp3) is 0.400. The lowest BCUT2D eigenvalue weighted by Crippen LogP contribution is -2.49. The van der Waals surface area contributed by atoms with Crippen LogP contribution in [-0.4, -0.2) is 56.7 Å². The molecule has 0 radical (unpaired) electrons. The summed E-state index contributed by atoms with van der Waals surface area (Å²) in [5.74, 6) is 1.08. The third kappa shape index (κ3) is 3.03. The zero-order valence-corrected chi connectivity index (χ0v) is 15.2. The Morgan fingerprint density at radius 3 is 2.78 bits per heavy atom. The summed E-state index contributed by atoms with van der Waals surface area (Å²) in [5, 5.41) is 8.78. The number of hydrogen-bond acceptors (Lipinski definition) is 5. The highest BCUT2D eigenvalue weighted by atomic mass is 16.2. The molecule has 0 N–H and O–H groups in total. The normalized spacial score (nSPS) is 16.7. The second kappa shape index (κ2) is 6.64. The fourth-order valence-electron chi connectivity index (χ4n) is 4.04. The number of fused-ring (bicyclic) bond motifs is 2. The zero-order chi connectivity index (χ0) is 18.2. The number of rotatable bonds is 3. The van der Waals surface area contributed by atoms with Crippen LogP contribution in [0.2, 0.25) is 0 Å². The van der Waals surface area contributed by atoms with Gasteiger partial charge in [-0.2, -0.15) is 5.10 Å². The molecule has 1 fully saturated rings. The van der Waals surface area contributed by atoms with Crippen molar-refractivity contribution < 1.29 is 4.79 Å². The molecule has 27 heavy (non-hydrogen) atoms. The Morgan fingerprint density at radius 1 is 1.04 bits per heavy atom. The SMILES string of the molecule is O=C(Cn1cnc2ccccc21)N1CCN(c2cc3c(nn2)CCC3)CC1. The number of piperazine rings is 1. The van der Waals surface area contributed by atoms with Gasteiger partial charge in [0.25, 0.3) is 0 Å². The summed E-state index contributed by atoms with van der Waals surface area (Å²) in [4.78, 5) is 21.3. The number of aryl methyl sites for hydroxylation is 2. The van der Waals surface area contributed by atoms with Crippen LogP contribution in [0, 0.1) is 0 Å². The van der Waals surface area contributed by atoms with Gasteiger partial charge in [0.05, 0.1) is 23.1 Å². The maximum Gasteiger partial charge on any atom is 0.242 e. The van der Waals surface area contributed by atoms with Gasteiger partial charge in [0, 0.05) is 26.2 Å². The molecule has 0 bridgehead atoms. The van der Waals surface area contributed by atoms with E-state index in [4.69, 9.17) is 0 Å². The van der Waals surface area contributed by atoms with Crippen molar-refractivity contribution in [2.24, 2.45) is 0 Å². The Kier molecular flexibility index (Phi) is 3.99. The van der Waals surface area contributed by atoms with E-state index in [2.05, 4.69) is 26.1 Å². The van der Waals surface area contributed by atoms with Gasteiger partial charge in [0.2, 0.25) is 5.91 Å². The summed E-state index contributed by atoms with van der Waals surface area (Å²) in [6, 6.07) is 10.1. The van der Waals surface area contributed by atoms with E-state index in [9.17, 15) is 4.79 Å². The number of benzene rings is 1. The van der Waals surface area contributed by atoms with Crippen LogP contribution in [-0.2, 0) is 24.2 Å². The minimum Gasteiger partial charge on any atom is -0.352 e. The average molecular weight is 362 g/mol. The van der Waals surface area contributed by atoms with Gasteiger partial charge < -0.3 is 14.4 Å². The molecule has 1 amide bonds. The monoisotopic (exact) mass is 362 g/mol. The van der Waals surface area contributed by atoms with Crippen LogP contribution in [0.5, 0.6) is 0 Å². The molecule has 1 aromatic carbocycles. The molecular formula is C20H22N6O. The first-order valence-corrected chi connectivity index (χ1v) is 9.56. The van der Waals surface area contributed by atoms with Crippen LogP contribution in [0.15, 0.2) is 36.7 Å². The van der Waals surface area contributed by atoms with Crippen LogP contribution < -0.4 is 4.90 Å². The first kappa shape index (κ1) is 16.2. The average Bonchev–Trinajstić information content (AvgIpc) is 3.35. The number of hydrogen-bond donors (Lipinski definition) is 0. The molecule has 1 aliphatic heterocycles. The maximum absolute atomic E-state index is 12.7. The second-order valence-electron chi connectivity index (χ2n) is 7.26. The number of imidazole rings is 1. The van der Waals surface area contributed by atoms with Crippen molar-refractivity contribution in [3.63, 3.8) is 0 Å². The molecule has 3 aromatic rings. The van der Waals surface area contributed by atoms with Gasteiger partial charge in [0.15, 0.2) is 5.82 Å². The second-order valence-corrected chi connectivity index (χ2v) is 7.26. The third-order valence-corrected chi connectivity index (χ3v) is 5.60. The van der Waals surface area contributed by atoms with E-state index in [0.717, 1.165) is 48.5 Å². The molecule has 0 spiro atoms. The van der Waals surface area contributed by atoms with Crippen molar-refractivity contribution >= 4 is 22.8 Å². The molecule has 3 heterocycles. The van der Waals surface area contributed by atoms with E-state index < -0.39 is 0 Å². The summed E-state index contributed by atoms with van der Waals surface area (Å²) in [5.41, 5.74) is 4.41. The molecule has 2 aliphatic rings. The molecule has 0 atom stereocenters. The number of carbonyl (C=O) groups excluding carboxylic acids is 1. The van der Waals surface area contributed by atoms with Gasteiger partial charge >= 0.3 is 0 Å². The number of amides is 1. The number of para-hydroxylation sites is 2. The van der Waals surface area contributed by atoms with E-state index in [0.29, 0.717) is 19.6 Å². The number of aromatic nitrogens is 4. The Bertz CT molecular complexity index is 989. The largest absolute Gasteiger partial charge is 0.352 e. The fourth-order valence-corrected chi connectivity index (χ4v) is 4.04. The van der Waals surface area contributed by atoms with Gasteiger partial charge in [-0.3, -0.25) is 4.79 Å². The van der Waals surface area contributed by atoms with Crippen LogP contribution >= 0.6 is 0 Å². The Labute approximate surface area is 157 Å². The Morgan fingerprint density at radius 2 is 1.89 bits per heavy atom. The zero-order valence-electron chi connectivity index (χ0n) is 15.2. The van der Waals surface area contributed by atoms with Crippen LogP contribution in [0.3, 0.4) is 0 Å². The molecule has 2 aromatic heterocycles. The van der Waals surface area contributed by atoms with E-state index in [1.165, 1.54) is 12.0 Å². The van der Waals surface area contributed by atoms with Gasteiger partial charge in [0.1, 0.15) is 6.54 Å². The Hall–Kier alpha value is -2.96. The van der Waals surface area contributed by atoms with Gasteiger partial charge in [-0.15, -0.1) is 5.10 Å². The lowest BCUT2D eigenvalue weighted by atomic mass is 10.2. The minimum absolute atomic E-state index is 0.137. The van der Waals surface area contributed by atoms with Gasteiger partial charge in [-0.05, 0) is 43.0 Å². The summed E-state index contributed by atoms with van der Waals surface area (Å²) < 4.78 is 1.93. The van der Waals surface area contributed by atoms with E-state index in [1.54, 1.807) is 6.33 Å². The van der Waals surface area contributed by atoms with Crippen molar-refractivity contribution in [3.8, 4) is 0 Å². The highest BCUT2D eigenvalue weighted by Crippen LogP contribution is 2.23. The van der Waals surface area contributed by atoms with Crippen LogP contribution in [0.25, 0.3) is 11.0 Å². The Balaban J connectivity index is 1.23. The molecule has 0 unspecified atom stereocenters. The molecule has 7 nitrogen and oxygen atoms in total. The van der Waals surface area contributed by atoms with Crippen LogP contribution in [0.1, 0.15) is 17.7 Å². The highest BCUT2D eigenvalue weighted by Gasteiger charge is 2.24. The molecule has 5 rings (SSSR count). The topological polar surface area (TPSA) is 67.2 Å². The summed E-state index contributed by atoms with van der Waals surface area (Å²) in [6.07, 6.45) is 5.08. The molecule has 0 saturated carbocycles. The van der Waals surface area contributed by atoms with E-state index >= 15 is 0 Å². The third-order valence-electron chi connectivity index (χ3n) is 5.60. The van der Waals surface area contributed by atoms with Gasteiger partial charge in [-0.25, -0.2) is 4.98 Å². The lowest BCUT2D eigenvalue weighted by Gasteiger charge is -2.35. The van der Waals surface area contributed by atoms with Crippen molar-refractivity contribution in [2.45, 2.75) is 25.8 Å². The molecule has 138 valence electrons. The number of nitrogens with zero attached hydrogens (tertiary/aromatic N) is 6. The van der Waals surface area contributed by atoms with E-state index in [-0.39, 0.29) is 5.91 Å². The maximum atomic E-state index is 12.7. The molecular weight excluding hydrogens is 340 g/mol. The summed E-state index contributed by atoms with van der Waals surface area (Å²) >= 11 is 0. The predicted octanol–water partition coefficient (Wildman–Crippen LogP) is 1.66. The van der Waals surface area contributed by atoms with Crippen molar-refractivity contribution in [2.75, 3.05) is 31.1 Å². The smallest absolute Gasteiger partial charge is 0.242 e. The molecule has 1 saturated heterocycles. The van der Waals surface area contributed by atoms with Crippen molar-refractivity contribution in [1.82, 2.24) is 24.6 Å². The number of carbonyl (C=O) groups is 1.